The molecule has 25 heavy (non-hydrogen) atoms. The lowest BCUT2D eigenvalue weighted by Crippen LogP contribution is -2.58. The van der Waals surface area contributed by atoms with Gasteiger partial charge in [-0.1, -0.05) is 25.5 Å². The first kappa shape index (κ1) is 17.7. The highest BCUT2D eigenvalue weighted by molar-refractivity contribution is 5.89. The molecule has 0 saturated heterocycles. The van der Waals surface area contributed by atoms with E-state index >= 15 is 0 Å². The van der Waals surface area contributed by atoms with Crippen LogP contribution in [0.25, 0.3) is 0 Å². The van der Waals surface area contributed by atoms with Crippen LogP contribution in [0.5, 0.6) is 0 Å². The Balaban J connectivity index is 1.68. The quantitative estimate of drug-likeness (QED) is 0.670. The van der Waals surface area contributed by atoms with E-state index in [9.17, 15) is 20.1 Å². The topological polar surface area (TPSA) is 77.8 Å². The van der Waals surface area contributed by atoms with Crippen LogP contribution in [0.2, 0.25) is 0 Å². The number of aliphatic hydroxyl groups excluding tert-OH is 2. The van der Waals surface area contributed by atoms with Gasteiger partial charge in [0.05, 0.1) is 6.10 Å². The number of fused-ring (bicyclic) bond motifs is 5. The van der Waals surface area contributed by atoms with Crippen LogP contribution >= 0.6 is 0 Å². The van der Waals surface area contributed by atoms with Gasteiger partial charge in [0.25, 0.3) is 0 Å². The summed E-state index contributed by atoms with van der Waals surface area (Å²) < 4.78 is 0. The van der Waals surface area contributed by atoms with Gasteiger partial charge in [0, 0.05) is 5.41 Å². The third-order valence-corrected chi connectivity index (χ3v) is 8.83. The predicted octanol–water partition coefficient (Wildman–Crippen LogP) is 2.60. The number of carbonyl (C=O) groups is 1. The maximum atomic E-state index is 12.3. The average molecular weight is 348 g/mol. The third kappa shape index (κ3) is 2.20. The predicted molar refractivity (Wildman–Crippen MR) is 94.8 cm³/mol. The molecule has 140 valence electrons. The number of hydrogen-bond acceptors (Lipinski definition) is 4. The third-order valence-electron chi connectivity index (χ3n) is 8.83. The van der Waals surface area contributed by atoms with Gasteiger partial charge in [-0.2, -0.15) is 0 Å². The van der Waals surface area contributed by atoms with E-state index in [-0.39, 0.29) is 11.5 Å². The molecule has 0 aromatic rings. The molecule has 4 aliphatic rings. The Hall–Kier alpha value is -0.710. The summed E-state index contributed by atoms with van der Waals surface area (Å²) >= 11 is 0. The summed E-state index contributed by atoms with van der Waals surface area (Å²) in [6.07, 6.45) is 9.17. The standard InChI is InChI=1S/C21H32O4/c1-19-8-5-14(23)11-13(19)3-4-15-16(19)6-9-20(2)17(15)7-10-21(20,25)18(24)12-22/h3,14-17,22-23,25H,4-12H2,1-2H3/t14-,15?,16?,17?,19-,20-,21+/m0/s1. The van der Waals surface area contributed by atoms with Gasteiger partial charge < -0.3 is 15.3 Å². The number of aliphatic hydroxyl groups is 3. The number of allylic oxidation sites excluding steroid dienone is 1. The van der Waals surface area contributed by atoms with Crippen LogP contribution in [0.4, 0.5) is 0 Å². The van der Waals surface area contributed by atoms with Crippen LogP contribution in [0.15, 0.2) is 11.6 Å². The van der Waals surface area contributed by atoms with Crippen molar-refractivity contribution in [3.63, 3.8) is 0 Å². The maximum Gasteiger partial charge on any atom is 0.190 e. The fourth-order valence-electron chi connectivity index (χ4n) is 7.25. The Labute approximate surface area is 150 Å². The largest absolute Gasteiger partial charge is 0.393 e. The maximum absolute atomic E-state index is 12.3. The molecule has 0 heterocycles. The van der Waals surface area contributed by atoms with Gasteiger partial charge in [-0.25, -0.2) is 0 Å². The summed E-state index contributed by atoms with van der Waals surface area (Å²) in [5.74, 6) is 1.04. The zero-order chi connectivity index (χ0) is 18.0. The Kier molecular flexibility index (Phi) is 3.99. The number of carbonyl (C=O) groups excluding carboxylic acids is 1. The second-order valence-electron chi connectivity index (χ2n) is 9.59. The van der Waals surface area contributed by atoms with Crippen LogP contribution < -0.4 is 0 Å². The zero-order valence-corrected chi connectivity index (χ0v) is 15.5. The second kappa shape index (κ2) is 5.64. The van der Waals surface area contributed by atoms with Crippen molar-refractivity contribution in [3.05, 3.63) is 11.6 Å². The molecular formula is C21H32O4. The van der Waals surface area contributed by atoms with E-state index in [1.165, 1.54) is 5.57 Å². The monoisotopic (exact) mass is 348 g/mol. The van der Waals surface area contributed by atoms with Crippen molar-refractivity contribution in [2.75, 3.05) is 6.61 Å². The van der Waals surface area contributed by atoms with Crippen LogP contribution in [0.1, 0.15) is 65.2 Å². The molecule has 3 saturated carbocycles. The normalized spacial score (nSPS) is 52.0. The summed E-state index contributed by atoms with van der Waals surface area (Å²) in [7, 11) is 0. The highest BCUT2D eigenvalue weighted by atomic mass is 16.3. The first-order valence-electron chi connectivity index (χ1n) is 10.0. The first-order chi connectivity index (χ1) is 11.8. The molecule has 0 aromatic carbocycles. The van der Waals surface area contributed by atoms with Crippen LogP contribution in [-0.4, -0.2) is 39.4 Å². The van der Waals surface area contributed by atoms with Gasteiger partial charge in [0.1, 0.15) is 12.2 Å². The summed E-state index contributed by atoms with van der Waals surface area (Å²) in [6, 6.07) is 0. The number of ketones is 1. The van der Waals surface area contributed by atoms with Crippen molar-refractivity contribution in [3.8, 4) is 0 Å². The highest BCUT2D eigenvalue weighted by Crippen LogP contribution is 2.67. The lowest BCUT2D eigenvalue weighted by molar-refractivity contribution is -0.163. The fraction of sp³-hybridized carbons (Fsp3) is 0.857. The van der Waals surface area contributed by atoms with E-state index in [1.54, 1.807) is 0 Å². The second-order valence-corrected chi connectivity index (χ2v) is 9.59. The number of Topliss-reactive ketones (excluding diaryl/α,β-unsaturated/α-hetero) is 1. The van der Waals surface area contributed by atoms with Crippen molar-refractivity contribution < 1.29 is 20.1 Å². The number of rotatable bonds is 2. The summed E-state index contributed by atoms with van der Waals surface area (Å²) in [4.78, 5) is 12.3. The lowest BCUT2D eigenvalue weighted by atomic mass is 9.46. The molecule has 4 heteroatoms. The molecule has 0 aromatic heterocycles. The van der Waals surface area contributed by atoms with Crippen molar-refractivity contribution >= 4 is 5.78 Å². The zero-order valence-electron chi connectivity index (χ0n) is 15.5. The molecule has 0 radical (unpaired) electrons. The van der Waals surface area contributed by atoms with Crippen molar-refractivity contribution in [1.29, 1.82) is 0 Å². The van der Waals surface area contributed by atoms with Gasteiger partial charge in [0.15, 0.2) is 5.78 Å². The van der Waals surface area contributed by atoms with E-state index in [0.29, 0.717) is 24.2 Å². The SMILES string of the molecule is C[C@]12CC[C@H](O)CC1=CCC1C2CC[C@@]2(C)C1CC[C@@]2(O)C(=O)CO. The van der Waals surface area contributed by atoms with Gasteiger partial charge in [-0.15, -0.1) is 0 Å². The average Bonchev–Trinajstić information content (AvgIpc) is 2.87. The summed E-state index contributed by atoms with van der Waals surface area (Å²) in [6.45, 7) is 3.90. The Bertz CT molecular complexity index is 613. The van der Waals surface area contributed by atoms with E-state index < -0.39 is 23.4 Å². The summed E-state index contributed by atoms with van der Waals surface area (Å²) in [5, 5.41) is 30.6. The molecule has 0 spiro atoms. The molecule has 3 N–H and O–H groups in total. The van der Waals surface area contributed by atoms with Crippen LogP contribution in [0.3, 0.4) is 0 Å². The molecule has 0 amide bonds. The molecular weight excluding hydrogens is 316 g/mol. The van der Waals surface area contributed by atoms with Crippen molar-refractivity contribution in [1.82, 2.24) is 0 Å². The smallest absolute Gasteiger partial charge is 0.190 e. The van der Waals surface area contributed by atoms with E-state index in [0.717, 1.165) is 44.9 Å². The van der Waals surface area contributed by atoms with Gasteiger partial charge >= 0.3 is 0 Å². The van der Waals surface area contributed by atoms with Crippen molar-refractivity contribution in [2.24, 2.45) is 28.6 Å². The van der Waals surface area contributed by atoms with Gasteiger partial charge in [0.2, 0.25) is 0 Å². The van der Waals surface area contributed by atoms with Gasteiger partial charge in [-0.05, 0) is 74.5 Å². The van der Waals surface area contributed by atoms with Crippen molar-refractivity contribution in [2.45, 2.75) is 76.9 Å². The fourth-order valence-corrected chi connectivity index (χ4v) is 7.25. The molecule has 0 bridgehead atoms. The van der Waals surface area contributed by atoms with Gasteiger partial charge in [-0.3, -0.25) is 4.79 Å². The van der Waals surface area contributed by atoms with Crippen LogP contribution in [0, 0.1) is 28.6 Å². The molecule has 4 aliphatic carbocycles. The lowest BCUT2D eigenvalue weighted by Gasteiger charge is -2.58. The molecule has 0 aliphatic heterocycles. The Morgan fingerprint density at radius 3 is 2.60 bits per heavy atom. The molecule has 7 atom stereocenters. The Morgan fingerprint density at radius 2 is 1.88 bits per heavy atom. The molecule has 4 nitrogen and oxygen atoms in total. The van der Waals surface area contributed by atoms with Crippen LogP contribution in [-0.2, 0) is 4.79 Å². The van der Waals surface area contributed by atoms with E-state index in [4.69, 9.17) is 0 Å². The summed E-state index contributed by atoms with van der Waals surface area (Å²) in [5.41, 5.74) is -0.157. The molecule has 3 unspecified atom stereocenters. The highest BCUT2D eigenvalue weighted by Gasteiger charge is 2.65. The Morgan fingerprint density at radius 1 is 1.16 bits per heavy atom. The minimum atomic E-state index is -1.36. The minimum Gasteiger partial charge on any atom is -0.393 e. The minimum absolute atomic E-state index is 0.172. The molecule has 3 fully saturated rings. The number of hydrogen-bond donors (Lipinski definition) is 3. The molecule has 4 rings (SSSR count). The first-order valence-corrected chi connectivity index (χ1v) is 10.0. The van der Waals surface area contributed by atoms with E-state index in [1.807, 2.05) is 0 Å². The van der Waals surface area contributed by atoms with E-state index in [2.05, 4.69) is 19.9 Å².